The summed E-state index contributed by atoms with van der Waals surface area (Å²) in [6.07, 6.45) is 0. The lowest BCUT2D eigenvalue weighted by molar-refractivity contribution is -0.144. The van der Waals surface area contributed by atoms with Gasteiger partial charge in [-0.2, -0.15) is 0 Å². The minimum Gasteiger partial charge on any atom is -0.455 e. The fraction of sp³-hybridized carbons (Fsp3) is 0.294. The summed E-state index contributed by atoms with van der Waals surface area (Å²) in [5, 5.41) is 7.94. The van der Waals surface area contributed by atoms with Crippen LogP contribution < -0.4 is 10.6 Å². The highest BCUT2D eigenvalue weighted by molar-refractivity contribution is 8.01. The van der Waals surface area contributed by atoms with Crippen molar-refractivity contribution < 1.29 is 28.0 Å². The predicted octanol–water partition coefficient (Wildman–Crippen LogP) is 2.36. The number of hydrogen-bond donors (Lipinski definition) is 2. The molecule has 0 aliphatic carbocycles. The summed E-state index contributed by atoms with van der Waals surface area (Å²) >= 11 is 1.04. The Balaban J connectivity index is 1.68. The molecule has 0 aliphatic rings. The van der Waals surface area contributed by atoms with Crippen molar-refractivity contribution in [2.24, 2.45) is 0 Å². The quantitative estimate of drug-likeness (QED) is 0.660. The number of hydrogen-bond acceptors (Lipinski definition) is 7. The number of anilines is 2. The van der Waals surface area contributed by atoms with E-state index in [0.717, 1.165) is 11.8 Å². The Hall–Kier alpha value is -2.88. The van der Waals surface area contributed by atoms with Crippen molar-refractivity contribution in [1.29, 1.82) is 0 Å². The first-order chi connectivity index (χ1) is 12.8. The zero-order valence-electron chi connectivity index (χ0n) is 14.7. The van der Waals surface area contributed by atoms with E-state index >= 15 is 0 Å². The van der Waals surface area contributed by atoms with Crippen LogP contribution in [0.5, 0.6) is 0 Å². The summed E-state index contributed by atoms with van der Waals surface area (Å²) < 4.78 is 23.1. The molecule has 0 unspecified atom stereocenters. The molecular weight excluding hydrogens is 377 g/mol. The summed E-state index contributed by atoms with van der Waals surface area (Å²) in [6.45, 7) is 2.76. The summed E-state index contributed by atoms with van der Waals surface area (Å²) in [4.78, 5) is 35.3. The van der Waals surface area contributed by atoms with Gasteiger partial charge in [-0.15, -0.1) is 11.8 Å². The maximum Gasteiger partial charge on any atom is 0.316 e. The monoisotopic (exact) mass is 395 g/mol. The van der Waals surface area contributed by atoms with Crippen LogP contribution >= 0.6 is 11.8 Å². The molecule has 1 atom stereocenters. The minimum absolute atomic E-state index is 0.00121. The first-order valence-corrected chi connectivity index (χ1v) is 8.96. The van der Waals surface area contributed by atoms with Gasteiger partial charge in [0.05, 0.1) is 16.7 Å². The van der Waals surface area contributed by atoms with Gasteiger partial charge in [0.2, 0.25) is 5.91 Å². The number of ether oxygens (including phenoxy) is 1. The highest BCUT2D eigenvalue weighted by Gasteiger charge is 2.18. The van der Waals surface area contributed by atoms with E-state index in [1.54, 1.807) is 26.0 Å². The number of carbonyl (C=O) groups excluding carboxylic acids is 3. The largest absolute Gasteiger partial charge is 0.455 e. The van der Waals surface area contributed by atoms with Gasteiger partial charge in [-0.3, -0.25) is 14.4 Å². The van der Waals surface area contributed by atoms with E-state index in [1.165, 1.54) is 18.2 Å². The molecule has 1 heterocycles. The van der Waals surface area contributed by atoms with Gasteiger partial charge in [0, 0.05) is 6.07 Å². The topological polar surface area (TPSA) is 111 Å². The van der Waals surface area contributed by atoms with Crippen LogP contribution in [0.25, 0.3) is 0 Å². The zero-order valence-corrected chi connectivity index (χ0v) is 15.5. The lowest BCUT2D eigenvalue weighted by Crippen LogP contribution is -2.25. The van der Waals surface area contributed by atoms with Gasteiger partial charge in [-0.05, 0) is 26.0 Å². The van der Waals surface area contributed by atoms with E-state index in [4.69, 9.17) is 9.26 Å². The summed E-state index contributed by atoms with van der Waals surface area (Å²) in [7, 11) is 0. The van der Waals surface area contributed by atoms with Crippen LogP contribution in [0, 0.1) is 12.7 Å². The van der Waals surface area contributed by atoms with E-state index < -0.39 is 29.6 Å². The Kier molecular flexibility index (Phi) is 7.35. The third-order valence-corrected chi connectivity index (χ3v) is 4.33. The number of esters is 1. The van der Waals surface area contributed by atoms with Crippen molar-refractivity contribution >= 4 is 41.1 Å². The highest BCUT2D eigenvalue weighted by atomic mass is 32.2. The third kappa shape index (κ3) is 6.74. The molecule has 10 heteroatoms. The van der Waals surface area contributed by atoms with Crippen LogP contribution in [-0.4, -0.2) is 40.6 Å². The molecule has 2 N–H and O–H groups in total. The molecule has 0 fully saturated rings. The normalized spacial score (nSPS) is 11.5. The SMILES string of the molecule is Cc1cc(NC(=O)[C@@H](C)SCC(=O)OCC(=O)Nc2ccccc2F)no1. The first kappa shape index (κ1) is 20.4. The van der Waals surface area contributed by atoms with Gasteiger partial charge in [0.1, 0.15) is 11.6 Å². The second kappa shape index (κ2) is 9.72. The van der Waals surface area contributed by atoms with Crippen LogP contribution in [0.4, 0.5) is 15.9 Å². The average molecular weight is 395 g/mol. The standard InChI is InChI=1S/C17H18FN3O5S/c1-10-7-14(21-26-10)20-17(24)11(2)27-9-16(23)25-8-15(22)19-13-6-4-3-5-12(13)18/h3-7,11H,8-9H2,1-2H3,(H,19,22)(H,20,21,24)/t11-/m1/s1. The van der Waals surface area contributed by atoms with E-state index in [2.05, 4.69) is 15.8 Å². The average Bonchev–Trinajstić information content (AvgIpc) is 3.04. The first-order valence-electron chi connectivity index (χ1n) is 7.91. The Labute approximate surface area is 158 Å². The molecule has 0 saturated carbocycles. The number of benzene rings is 1. The molecule has 2 aromatic rings. The highest BCUT2D eigenvalue weighted by Crippen LogP contribution is 2.15. The number of aromatic nitrogens is 1. The smallest absolute Gasteiger partial charge is 0.316 e. The van der Waals surface area contributed by atoms with Gasteiger partial charge in [0.15, 0.2) is 12.4 Å². The van der Waals surface area contributed by atoms with E-state index in [9.17, 15) is 18.8 Å². The lowest BCUT2D eigenvalue weighted by Gasteiger charge is -2.10. The van der Waals surface area contributed by atoms with Crippen molar-refractivity contribution in [2.75, 3.05) is 23.0 Å². The van der Waals surface area contributed by atoms with Gasteiger partial charge in [-0.25, -0.2) is 4.39 Å². The van der Waals surface area contributed by atoms with Gasteiger partial charge in [0.25, 0.3) is 5.91 Å². The number of halogens is 1. The Morgan fingerprint density at radius 3 is 2.70 bits per heavy atom. The van der Waals surface area contributed by atoms with E-state index in [0.29, 0.717) is 5.76 Å². The van der Waals surface area contributed by atoms with Crippen LogP contribution in [0.3, 0.4) is 0 Å². The van der Waals surface area contributed by atoms with Crippen LogP contribution in [0.1, 0.15) is 12.7 Å². The summed E-state index contributed by atoms with van der Waals surface area (Å²) in [6, 6.07) is 7.21. The van der Waals surface area contributed by atoms with Crippen LogP contribution in [0.2, 0.25) is 0 Å². The van der Waals surface area contributed by atoms with Crippen LogP contribution in [0.15, 0.2) is 34.9 Å². The molecule has 2 amide bonds. The summed E-state index contributed by atoms with van der Waals surface area (Å²) in [5.41, 5.74) is 0.00121. The summed E-state index contributed by atoms with van der Waals surface area (Å²) in [5.74, 6) is -1.54. The molecule has 0 aliphatic heterocycles. The molecule has 2 rings (SSSR count). The molecule has 144 valence electrons. The molecule has 8 nitrogen and oxygen atoms in total. The number of nitrogens with zero attached hydrogens (tertiary/aromatic N) is 1. The Bertz CT molecular complexity index is 826. The maximum absolute atomic E-state index is 13.4. The molecule has 0 radical (unpaired) electrons. The minimum atomic E-state index is -0.666. The van der Waals surface area contributed by atoms with Gasteiger partial charge < -0.3 is 19.9 Å². The predicted molar refractivity (Wildman–Crippen MR) is 97.8 cm³/mol. The molecule has 1 aromatic heterocycles. The maximum atomic E-state index is 13.4. The number of rotatable bonds is 8. The number of thioether (sulfide) groups is 1. The molecular formula is C17H18FN3O5S. The molecule has 0 spiro atoms. The van der Waals surface area contributed by atoms with Crippen molar-refractivity contribution in [3.05, 3.63) is 41.9 Å². The number of aryl methyl sites for hydroxylation is 1. The number of para-hydroxylation sites is 1. The van der Waals surface area contributed by atoms with Gasteiger partial charge in [-0.1, -0.05) is 17.3 Å². The molecule has 27 heavy (non-hydrogen) atoms. The van der Waals surface area contributed by atoms with Gasteiger partial charge >= 0.3 is 5.97 Å². The molecule has 1 aromatic carbocycles. The fourth-order valence-corrected chi connectivity index (χ4v) is 2.54. The van der Waals surface area contributed by atoms with E-state index in [-0.39, 0.29) is 23.2 Å². The number of carbonyl (C=O) groups is 3. The Morgan fingerprint density at radius 1 is 1.30 bits per heavy atom. The third-order valence-electron chi connectivity index (χ3n) is 3.21. The Morgan fingerprint density at radius 2 is 2.04 bits per heavy atom. The van der Waals surface area contributed by atoms with Crippen LogP contribution in [-0.2, 0) is 19.1 Å². The lowest BCUT2D eigenvalue weighted by atomic mass is 10.3. The second-order valence-corrected chi connectivity index (χ2v) is 6.78. The fourth-order valence-electron chi connectivity index (χ4n) is 1.86. The van der Waals surface area contributed by atoms with Crippen molar-refractivity contribution in [3.63, 3.8) is 0 Å². The van der Waals surface area contributed by atoms with Crippen molar-refractivity contribution in [3.8, 4) is 0 Å². The van der Waals surface area contributed by atoms with Crippen molar-refractivity contribution in [2.45, 2.75) is 19.1 Å². The number of amides is 2. The molecule has 0 saturated heterocycles. The number of nitrogens with one attached hydrogen (secondary N) is 2. The van der Waals surface area contributed by atoms with Crippen molar-refractivity contribution in [1.82, 2.24) is 5.16 Å². The van der Waals surface area contributed by atoms with E-state index in [1.807, 2.05) is 0 Å². The molecule has 0 bridgehead atoms. The zero-order chi connectivity index (χ0) is 19.8. The second-order valence-electron chi connectivity index (χ2n) is 5.45.